The van der Waals surface area contributed by atoms with Crippen molar-refractivity contribution >= 4 is 79.2 Å². The molecule has 12 nitrogen and oxygen atoms in total. The van der Waals surface area contributed by atoms with E-state index in [0.29, 0.717) is 33.8 Å². The number of rotatable bonds is 7. The number of carbonyl (C=O) groups excluding carboxylic acids is 2. The van der Waals surface area contributed by atoms with Crippen molar-refractivity contribution in [3.63, 3.8) is 0 Å². The summed E-state index contributed by atoms with van der Waals surface area (Å²) in [6.45, 7) is 10.8. The Hall–Kier alpha value is -6.82. The summed E-state index contributed by atoms with van der Waals surface area (Å²) in [5, 5.41) is 26.9. The molecule has 278 valence electrons. The molecule has 0 unspecified atom stereocenters. The lowest BCUT2D eigenvalue weighted by atomic mass is 10.1. The number of nitro groups is 1. The lowest BCUT2D eigenvalue weighted by Crippen LogP contribution is -2.27. The molecule has 0 aliphatic heterocycles. The summed E-state index contributed by atoms with van der Waals surface area (Å²) < 4.78 is 10.5. The zero-order valence-electron chi connectivity index (χ0n) is 31.0. The van der Waals surface area contributed by atoms with E-state index in [2.05, 4.69) is 21.3 Å². The summed E-state index contributed by atoms with van der Waals surface area (Å²) in [5.41, 5.74) is 9.62. The van der Waals surface area contributed by atoms with Crippen LogP contribution >= 0.6 is 0 Å². The van der Waals surface area contributed by atoms with Gasteiger partial charge < -0.3 is 25.8 Å². The number of nitrogen functional groups attached to an aromatic ring is 1. The van der Waals surface area contributed by atoms with Gasteiger partial charge >= 0.3 is 12.2 Å². The number of nitrogens with one attached hydrogen (secondary N) is 4. The van der Waals surface area contributed by atoms with Crippen molar-refractivity contribution in [1.29, 1.82) is 0 Å². The summed E-state index contributed by atoms with van der Waals surface area (Å²) in [5.74, 6) is 0. The molecule has 0 saturated heterocycles. The van der Waals surface area contributed by atoms with Crippen molar-refractivity contribution in [3.05, 3.63) is 131 Å². The first-order valence-corrected chi connectivity index (χ1v) is 17.2. The zero-order chi connectivity index (χ0) is 39.0. The second-order valence-corrected chi connectivity index (χ2v) is 14.4. The fourth-order valence-electron chi connectivity index (χ4n) is 5.46. The number of amides is 2. The van der Waals surface area contributed by atoms with Gasteiger partial charge in [0.25, 0.3) is 5.69 Å². The molecule has 2 amide bonds. The van der Waals surface area contributed by atoms with Crippen LogP contribution in [0.1, 0.15) is 41.5 Å². The maximum Gasteiger partial charge on any atom is 0.412 e. The van der Waals surface area contributed by atoms with Gasteiger partial charge in [-0.2, -0.15) is 0 Å². The molecular formula is C42H44N6O6. The Morgan fingerprint density at radius 1 is 0.574 bits per heavy atom. The quantitative estimate of drug-likeness (QED) is 0.0609. The Balaban J connectivity index is 0.000000208. The zero-order valence-corrected chi connectivity index (χ0v) is 31.0. The molecule has 0 atom stereocenters. The number of carbonyl (C=O) groups is 2. The number of nitro benzene ring substituents is 1. The predicted octanol–water partition coefficient (Wildman–Crippen LogP) is 11.4. The highest BCUT2D eigenvalue weighted by Gasteiger charge is 2.20. The lowest BCUT2D eigenvalue weighted by molar-refractivity contribution is -0.382. The monoisotopic (exact) mass is 728 g/mol. The number of anilines is 7. The van der Waals surface area contributed by atoms with Crippen molar-refractivity contribution < 1.29 is 24.0 Å². The molecule has 0 heterocycles. The third-order valence-corrected chi connectivity index (χ3v) is 7.63. The van der Waals surface area contributed by atoms with Crippen molar-refractivity contribution in [3.8, 4) is 0 Å². The Bertz CT molecular complexity index is 2310. The van der Waals surface area contributed by atoms with Gasteiger partial charge in [-0.05, 0) is 107 Å². The molecule has 12 heteroatoms. The van der Waals surface area contributed by atoms with Gasteiger partial charge in [0.05, 0.1) is 21.7 Å². The van der Waals surface area contributed by atoms with E-state index in [9.17, 15) is 19.7 Å². The van der Waals surface area contributed by atoms with Crippen molar-refractivity contribution in [2.75, 3.05) is 27.0 Å². The molecule has 0 aromatic heterocycles. The molecule has 0 aliphatic carbocycles. The van der Waals surface area contributed by atoms with Crippen LogP contribution < -0.4 is 27.0 Å². The average molecular weight is 729 g/mol. The standard InChI is InChI=1S/C21H21N3O4.C21H23N3O2/c1-21(2,3)28-20(25)23-16-9-6-8-15(13-16)22-18-12-11-14-7-4-5-10-17(14)19(18)24(26)27;1-21(2,3)26-20(25)24-16-9-6-8-15(13-16)23-18-12-11-14-7-4-5-10-17(14)19(18)22/h4-13,22H,1-3H3,(H,23,25);4-13,23H,22H2,1-3H3,(H,24,25). The van der Waals surface area contributed by atoms with Crippen LogP contribution in [0.15, 0.2) is 121 Å². The van der Waals surface area contributed by atoms with E-state index >= 15 is 0 Å². The normalized spacial score (nSPS) is 11.1. The minimum Gasteiger partial charge on any atom is -0.444 e. The number of hydrogen-bond acceptors (Lipinski definition) is 9. The van der Waals surface area contributed by atoms with Gasteiger partial charge in [-0.3, -0.25) is 20.7 Å². The summed E-state index contributed by atoms with van der Waals surface area (Å²) in [6.07, 6.45) is -1.05. The minimum absolute atomic E-state index is 0.00334. The topological polar surface area (TPSA) is 170 Å². The van der Waals surface area contributed by atoms with Gasteiger partial charge in [0.1, 0.15) is 16.9 Å². The fourth-order valence-corrected chi connectivity index (χ4v) is 5.46. The van der Waals surface area contributed by atoms with Crippen LogP contribution in [0.4, 0.5) is 55.1 Å². The molecule has 0 saturated carbocycles. The van der Waals surface area contributed by atoms with Gasteiger partial charge in [-0.15, -0.1) is 0 Å². The van der Waals surface area contributed by atoms with Crippen LogP contribution in [0.5, 0.6) is 0 Å². The number of fused-ring (bicyclic) bond motifs is 2. The van der Waals surface area contributed by atoms with Gasteiger partial charge in [0.15, 0.2) is 0 Å². The average Bonchev–Trinajstić information content (AvgIpc) is 3.08. The molecule has 0 bridgehead atoms. The smallest absolute Gasteiger partial charge is 0.412 e. The number of hydrogen-bond donors (Lipinski definition) is 5. The molecule has 0 fully saturated rings. The van der Waals surface area contributed by atoms with Crippen molar-refractivity contribution in [2.45, 2.75) is 52.7 Å². The molecule has 6 aromatic rings. The first-order chi connectivity index (χ1) is 25.5. The van der Waals surface area contributed by atoms with E-state index in [-0.39, 0.29) is 5.69 Å². The number of nitrogens with two attached hydrogens (primary N) is 1. The van der Waals surface area contributed by atoms with E-state index < -0.39 is 28.3 Å². The first-order valence-electron chi connectivity index (χ1n) is 17.2. The Morgan fingerprint density at radius 3 is 1.50 bits per heavy atom. The minimum atomic E-state index is -0.606. The molecule has 6 aromatic carbocycles. The Morgan fingerprint density at radius 2 is 1.00 bits per heavy atom. The van der Waals surface area contributed by atoms with E-state index in [4.69, 9.17) is 15.2 Å². The third kappa shape index (κ3) is 10.6. The van der Waals surface area contributed by atoms with Gasteiger partial charge in [0.2, 0.25) is 0 Å². The summed E-state index contributed by atoms with van der Waals surface area (Å²) in [6, 6.07) is 36.9. The SMILES string of the molecule is CC(C)(C)OC(=O)Nc1cccc(Nc2ccc3ccccc3c2N)c1.CC(C)(C)OC(=O)Nc1cccc(Nc2ccc3ccccc3c2[N+](=O)[O-])c1. The van der Waals surface area contributed by atoms with E-state index in [1.807, 2.05) is 93.6 Å². The van der Waals surface area contributed by atoms with E-state index in [0.717, 1.165) is 27.5 Å². The molecule has 0 spiro atoms. The van der Waals surface area contributed by atoms with Crippen LogP contribution in [-0.2, 0) is 9.47 Å². The first kappa shape index (κ1) is 38.4. The highest BCUT2D eigenvalue weighted by Crippen LogP contribution is 2.36. The third-order valence-electron chi connectivity index (χ3n) is 7.63. The van der Waals surface area contributed by atoms with Crippen LogP contribution in [0.2, 0.25) is 0 Å². The molecule has 0 radical (unpaired) electrons. The second kappa shape index (κ2) is 16.2. The van der Waals surface area contributed by atoms with Crippen LogP contribution in [0.25, 0.3) is 21.5 Å². The molecule has 6 N–H and O–H groups in total. The maximum atomic E-state index is 11.9. The second-order valence-electron chi connectivity index (χ2n) is 14.4. The van der Waals surface area contributed by atoms with E-state index in [1.165, 1.54) is 0 Å². The molecular weight excluding hydrogens is 684 g/mol. The Kier molecular flexibility index (Phi) is 11.6. The largest absolute Gasteiger partial charge is 0.444 e. The van der Waals surface area contributed by atoms with E-state index in [1.54, 1.807) is 69.3 Å². The molecule has 6 rings (SSSR count). The van der Waals surface area contributed by atoms with Crippen molar-refractivity contribution in [1.82, 2.24) is 0 Å². The Labute approximate surface area is 313 Å². The summed E-state index contributed by atoms with van der Waals surface area (Å²) in [7, 11) is 0. The number of nitrogens with zero attached hydrogens (tertiary/aromatic N) is 1. The summed E-state index contributed by atoms with van der Waals surface area (Å²) in [4.78, 5) is 35.1. The van der Waals surface area contributed by atoms with Crippen LogP contribution in [0, 0.1) is 10.1 Å². The van der Waals surface area contributed by atoms with Gasteiger partial charge in [-0.25, -0.2) is 9.59 Å². The van der Waals surface area contributed by atoms with Gasteiger partial charge in [0, 0.05) is 28.1 Å². The van der Waals surface area contributed by atoms with Crippen LogP contribution in [-0.4, -0.2) is 28.3 Å². The van der Waals surface area contributed by atoms with Crippen molar-refractivity contribution in [2.24, 2.45) is 0 Å². The number of benzene rings is 6. The molecule has 0 aliphatic rings. The highest BCUT2D eigenvalue weighted by atomic mass is 16.6. The maximum absolute atomic E-state index is 11.9. The lowest BCUT2D eigenvalue weighted by Gasteiger charge is -2.20. The fraction of sp³-hybridized carbons (Fsp3) is 0.190. The van der Waals surface area contributed by atoms with Crippen LogP contribution in [0.3, 0.4) is 0 Å². The number of ether oxygens (including phenoxy) is 2. The highest BCUT2D eigenvalue weighted by molar-refractivity contribution is 6.00. The van der Waals surface area contributed by atoms with Gasteiger partial charge in [-0.1, -0.05) is 66.7 Å². The summed E-state index contributed by atoms with van der Waals surface area (Å²) >= 11 is 0. The predicted molar refractivity (Wildman–Crippen MR) is 218 cm³/mol. The molecule has 54 heavy (non-hydrogen) atoms.